The molecule has 0 unspecified atom stereocenters. The molecule has 0 bridgehead atoms. The van der Waals surface area contributed by atoms with Gasteiger partial charge >= 0.3 is 5.97 Å². The van der Waals surface area contributed by atoms with E-state index in [9.17, 15) is 9.59 Å². The Morgan fingerprint density at radius 1 is 1.04 bits per heavy atom. The van der Waals surface area contributed by atoms with Crippen molar-refractivity contribution in [3.05, 3.63) is 76.0 Å². The molecule has 3 aromatic rings. The van der Waals surface area contributed by atoms with E-state index in [4.69, 9.17) is 44.9 Å². The first-order valence-corrected chi connectivity index (χ1v) is 9.01. The van der Waals surface area contributed by atoms with Crippen molar-refractivity contribution < 1.29 is 19.1 Å². The molecule has 0 spiro atoms. The molecule has 0 aliphatic rings. The first-order chi connectivity index (χ1) is 13.3. The predicted molar refractivity (Wildman–Crippen MR) is 111 cm³/mol. The maximum Gasteiger partial charge on any atom is 0.335 e. The zero-order valence-electron chi connectivity index (χ0n) is 14.0. The number of furan rings is 1. The van der Waals surface area contributed by atoms with Gasteiger partial charge in [-0.25, -0.2) is 4.79 Å². The molecule has 3 rings (SSSR count). The van der Waals surface area contributed by atoms with Crippen molar-refractivity contribution in [2.75, 3.05) is 5.32 Å². The molecule has 142 valence electrons. The number of thiocarbonyl (C=S) groups is 1. The molecule has 0 aliphatic heterocycles. The van der Waals surface area contributed by atoms with E-state index in [1.54, 1.807) is 30.3 Å². The van der Waals surface area contributed by atoms with Crippen LogP contribution in [0.3, 0.4) is 0 Å². The van der Waals surface area contributed by atoms with E-state index in [1.807, 2.05) is 0 Å². The summed E-state index contributed by atoms with van der Waals surface area (Å²) in [6, 6.07) is 14.3. The van der Waals surface area contributed by atoms with E-state index in [0.29, 0.717) is 10.8 Å². The van der Waals surface area contributed by atoms with Gasteiger partial charge < -0.3 is 14.8 Å². The van der Waals surface area contributed by atoms with E-state index in [0.717, 1.165) is 5.56 Å². The van der Waals surface area contributed by atoms with E-state index in [1.165, 1.54) is 24.3 Å². The molecule has 0 atom stereocenters. The molecule has 3 N–H and O–H groups in total. The maximum atomic E-state index is 12.3. The van der Waals surface area contributed by atoms with Crippen molar-refractivity contribution in [3.63, 3.8) is 0 Å². The highest BCUT2D eigenvalue weighted by Gasteiger charge is 2.15. The quantitative estimate of drug-likeness (QED) is 0.496. The second kappa shape index (κ2) is 8.43. The molecule has 0 radical (unpaired) electrons. The molecular weight excluding hydrogens is 423 g/mol. The Hall–Kier alpha value is -2.87. The van der Waals surface area contributed by atoms with Crippen LogP contribution < -0.4 is 10.6 Å². The number of aromatic carboxylic acids is 1. The Balaban J connectivity index is 1.69. The van der Waals surface area contributed by atoms with Gasteiger partial charge in [-0.05, 0) is 54.7 Å². The van der Waals surface area contributed by atoms with Crippen molar-refractivity contribution in [1.82, 2.24) is 5.32 Å². The fourth-order valence-corrected chi connectivity index (χ4v) is 2.89. The smallest absolute Gasteiger partial charge is 0.335 e. The van der Waals surface area contributed by atoms with Crippen LogP contribution in [0, 0.1) is 0 Å². The highest BCUT2D eigenvalue weighted by Crippen LogP contribution is 2.25. The maximum absolute atomic E-state index is 12.3. The van der Waals surface area contributed by atoms with Gasteiger partial charge in [-0.1, -0.05) is 35.3 Å². The highest BCUT2D eigenvalue weighted by molar-refractivity contribution is 7.80. The van der Waals surface area contributed by atoms with Crippen LogP contribution in [-0.4, -0.2) is 22.1 Å². The largest absolute Gasteiger partial charge is 0.478 e. The van der Waals surface area contributed by atoms with Crippen LogP contribution in [0.25, 0.3) is 11.3 Å². The van der Waals surface area contributed by atoms with E-state index in [-0.39, 0.29) is 27.1 Å². The molecule has 1 amide bonds. The van der Waals surface area contributed by atoms with Gasteiger partial charge in [-0.3, -0.25) is 10.1 Å². The average molecular weight is 435 g/mol. The number of hydrogen-bond acceptors (Lipinski definition) is 4. The topological polar surface area (TPSA) is 91.6 Å². The average Bonchev–Trinajstić information content (AvgIpc) is 3.13. The summed E-state index contributed by atoms with van der Waals surface area (Å²) < 4.78 is 5.55. The summed E-state index contributed by atoms with van der Waals surface area (Å²) in [6.45, 7) is 0. The van der Waals surface area contributed by atoms with Crippen molar-refractivity contribution in [2.45, 2.75) is 0 Å². The molecule has 0 saturated heterocycles. The molecule has 0 aliphatic carbocycles. The number of benzene rings is 2. The number of nitrogens with one attached hydrogen (secondary N) is 2. The lowest BCUT2D eigenvalue weighted by Crippen LogP contribution is -2.34. The highest BCUT2D eigenvalue weighted by atomic mass is 35.5. The third-order valence-corrected chi connectivity index (χ3v) is 4.40. The van der Waals surface area contributed by atoms with Crippen molar-refractivity contribution in [2.24, 2.45) is 0 Å². The normalized spacial score (nSPS) is 10.4. The summed E-state index contributed by atoms with van der Waals surface area (Å²) >= 11 is 17.1. The Morgan fingerprint density at radius 3 is 2.54 bits per heavy atom. The van der Waals surface area contributed by atoms with Crippen LogP contribution in [-0.2, 0) is 0 Å². The van der Waals surface area contributed by atoms with Gasteiger partial charge in [0.15, 0.2) is 10.9 Å². The lowest BCUT2D eigenvalue weighted by atomic mass is 10.2. The van der Waals surface area contributed by atoms with Gasteiger partial charge in [0.05, 0.1) is 16.3 Å². The van der Waals surface area contributed by atoms with E-state index >= 15 is 0 Å². The van der Waals surface area contributed by atoms with Gasteiger partial charge in [-0.2, -0.15) is 0 Å². The molecule has 1 heterocycles. The number of halogens is 2. The third-order valence-electron chi connectivity index (χ3n) is 3.63. The summed E-state index contributed by atoms with van der Waals surface area (Å²) in [5.41, 5.74) is 1.01. The predicted octanol–water partition coefficient (Wildman–Crippen LogP) is 5.08. The lowest BCUT2D eigenvalue weighted by Gasteiger charge is -2.10. The van der Waals surface area contributed by atoms with Gasteiger partial charge in [0.2, 0.25) is 0 Å². The SMILES string of the molecule is O=C(O)c1ccc(Cl)c(NC(=S)NC(=O)c2ccc(-c3cccc(Cl)c3)o2)c1. The van der Waals surface area contributed by atoms with Crippen LogP contribution >= 0.6 is 35.4 Å². The Kier molecular flexibility index (Phi) is 5.99. The number of amides is 1. The summed E-state index contributed by atoms with van der Waals surface area (Å²) in [6.07, 6.45) is 0. The second-order valence-corrected chi connectivity index (χ2v) is 6.83. The van der Waals surface area contributed by atoms with Crippen LogP contribution in [0.2, 0.25) is 10.0 Å². The number of rotatable bonds is 4. The van der Waals surface area contributed by atoms with Crippen LogP contribution in [0.5, 0.6) is 0 Å². The lowest BCUT2D eigenvalue weighted by molar-refractivity contribution is 0.0696. The monoisotopic (exact) mass is 434 g/mol. The molecule has 28 heavy (non-hydrogen) atoms. The summed E-state index contributed by atoms with van der Waals surface area (Å²) in [5, 5.41) is 14.9. The minimum Gasteiger partial charge on any atom is -0.478 e. The molecule has 2 aromatic carbocycles. The first kappa shape index (κ1) is 19.9. The van der Waals surface area contributed by atoms with Crippen molar-refractivity contribution >= 4 is 58.1 Å². The standard InChI is InChI=1S/C19H12Cl2N2O4S/c20-12-3-1-2-10(8-12)15-6-7-16(27-15)17(24)23-19(28)22-14-9-11(18(25)26)4-5-13(14)21/h1-9H,(H,25,26)(H2,22,23,24,28). The Labute approximate surface area is 175 Å². The van der Waals surface area contributed by atoms with Crippen molar-refractivity contribution in [3.8, 4) is 11.3 Å². The summed E-state index contributed by atoms with van der Waals surface area (Å²) in [7, 11) is 0. The minimum absolute atomic E-state index is 0.0261. The summed E-state index contributed by atoms with van der Waals surface area (Å²) in [4.78, 5) is 23.4. The molecule has 6 nitrogen and oxygen atoms in total. The molecule has 1 aromatic heterocycles. The summed E-state index contributed by atoms with van der Waals surface area (Å²) in [5.74, 6) is -1.16. The van der Waals surface area contributed by atoms with Crippen LogP contribution in [0.4, 0.5) is 5.69 Å². The molecular formula is C19H12Cl2N2O4S. The minimum atomic E-state index is -1.11. The Bertz CT molecular complexity index is 1080. The zero-order chi connectivity index (χ0) is 20.3. The number of anilines is 1. The Morgan fingerprint density at radius 2 is 1.82 bits per heavy atom. The first-order valence-electron chi connectivity index (χ1n) is 7.84. The molecule has 0 fully saturated rings. The van der Waals surface area contributed by atoms with Crippen LogP contribution in [0.1, 0.15) is 20.9 Å². The molecule has 9 heteroatoms. The second-order valence-electron chi connectivity index (χ2n) is 5.58. The van der Waals surface area contributed by atoms with Crippen LogP contribution in [0.15, 0.2) is 59.0 Å². The van der Waals surface area contributed by atoms with Gasteiger partial charge in [-0.15, -0.1) is 0 Å². The third kappa shape index (κ3) is 4.69. The molecule has 0 saturated carbocycles. The van der Waals surface area contributed by atoms with E-state index in [2.05, 4.69) is 10.6 Å². The zero-order valence-corrected chi connectivity index (χ0v) is 16.4. The fourth-order valence-electron chi connectivity index (χ4n) is 2.33. The van der Waals surface area contributed by atoms with Gasteiger partial charge in [0, 0.05) is 10.6 Å². The number of carbonyl (C=O) groups excluding carboxylic acids is 1. The number of carbonyl (C=O) groups is 2. The number of carboxylic acid groups (broad SMARTS) is 1. The van der Waals surface area contributed by atoms with Crippen molar-refractivity contribution in [1.29, 1.82) is 0 Å². The number of hydrogen-bond donors (Lipinski definition) is 3. The number of carboxylic acids is 1. The van der Waals surface area contributed by atoms with Gasteiger partial charge in [0.25, 0.3) is 5.91 Å². The fraction of sp³-hybridized carbons (Fsp3) is 0. The van der Waals surface area contributed by atoms with Gasteiger partial charge in [0.1, 0.15) is 5.76 Å². The van der Waals surface area contributed by atoms with E-state index < -0.39 is 11.9 Å².